The Balaban J connectivity index is 2.18. The van der Waals surface area contributed by atoms with E-state index in [9.17, 15) is 28.1 Å². The summed E-state index contributed by atoms with van der Waals surface area (Å²) in [6.45, 7) is 3.07. The van der Waals surface area contributed by atoms with Crippen LogP contribution in [0.1, 0.15) is 31.9 Å². The first-order chi connectivity index (χ1) is 12.0. The van der Waals surface area contributed by atoms with Gasteiger partial charge in [0.05, 0.1) is 10.3 Å². The molecular weight excluding hydrogens is 351 g/mol. The van der Waals surface area contributed by atoms with Gasteiger partial charge < -0.3 is 0 Å². The Bertz CT molecular complexity index is 896. The first-order valence-electron chi connectivity index (χ1n) is 7.83. The number of non-ortho nitro benzene ring substituents is 1. The number of rotatable bonds is 3. The number of carbonyl (C=O) groups excluding carboxylic acids is 1. The molecule has 6 nitrogen and oxygen atoms in total. The molecule has 1 atom stereocenters. The zero-order chi connectivity index (χ0) is 19.3. The van der Waals surface area contributed by atoms with Gasteiger partial charge in [-0.25, -0.2) is 0 Å². The topological polar surface area (TPSA) is 75.5 Å². The third-order valence-electron chi connectivity index (χ3n) is 4.45. The van der Waals surface area contributed by atoms with Crippen molar-refractivity contribution in [2.75, 3.05) is 0 Å². The molecule has 1 amide bonds. The number of nitro benzene ring substituents is 1. The van der Waals surface area contributed by atoms with Crippen molar-refractivity contribution in [1.29, 1.82) is 0 Å². The predicted molar refractivity (Wildman–Crippen MR) is 88.1 cm³/mol. The number of alkyl halides is 3. The van der Waals surface area contributed by atoms with Crippen LogP contribution in [0.4, 0.5) is 18.9 Å². The normalized spacial score (nSPS) is 18.7. The molecule has 3 rings (SSSR count). The van der Waals surface area contributed by atoms with Crippen molar-refractivity contribution >= 4 is 22.4 Å². The van der Waals surface area contributed by atoms with Gasteiger partial charge in [0.25, 0.3) is 5.69 Å². The highest BCUT2D eigenvalue weighted by Crippen LogP contribution is 2.43. The molecule has 26 heavy (non-hydrogen) atoms. The highest BCUT2D eigenvalue weighted by atomic mass is 19.4. The monoisotopic (exact) mass is 367 g/mol. The molecule has 9 heteroatoms. The number of nitrogens with zero attached hydrogens (tertiary/aromatic N) is 2. The van der Waals surface area contributed by atoms with Crippen LogP contribution in [0.5, 0.6) is 0 Å². The van der Waals surface area contributed by atoms with Crippen LogP contribution in [0, 0.1) is 10.1 Å². The maximum atomic E-state index is 13.9. The average molecular weight is 367 g/mol. The first kappa shape index (κ1) is 18.1. The second kappa shape index (κ2) is 5.94. The Hall–Kier alpha value is -2.68. The average Bonchev–Trinajstić information content (AvgIpc) is 2.77. The Morgan fingerprint density at radius 2 is 1.96 bits per heavy atom. The number of hydrazine groups is 1. The number of nitrogens with one attached hydrogen (secondary N) is 1. The van der Waals surface area contributed by atoms with Gasteiger partial charge >= 0.3 is 6.18 Å². The molecule has 1 saturated heterocycles. The summed E-state index contributed by atoms with van der Waals surface area (Å²) < 4.78 is 41.6. The first-order valence-corrected chi connectivity index (χ1v) is 7.83. The Labute approximate surface area is 146 Å². The minimum absolute atomic E-state index is 0.0761. The van der Waals surface area contributed by atoms with E-state index in [2.05, 4.69) is 5.43 Å². The Kier molecular flexibility index (Phi) is 4.14. The molecule has 0 aliphatic carbocycles. The summed E-state index contributed by atoms with van der Waals surface area (Å²) in [5.41, 5.74) is 0.774. The van der Waals surface area contributed by atoms with Crippen molar-refractivity contribution in [3.63, 3.8) is 0 Å². The largest absolute Gasteiger partial charge is 0.409 e. The second-order valence-electron chi connectivity index (χ2n) is 6.85. The van der Waals surface area contributed by atoms with Crippen molar-refractivity contribution < 1.29 is 22.9 Å². The number of fused-ring (bicyclic) bond motifs is 1. The van der Waals surface area contributed by atoms with E-state index in [0.29, 0.717) is 5.39 Å². The van der Waals surface area contributed by atoms with E-state index in [-0.39, 0.29) is 23.1 Å². The zero-order valence-electron chi connectivity index (χ0n) is 14.0. The lowest BCUT2D eigenvalue weighted by Gasteiger charge is -2.38. The van der Waals surface area contributed by atoms with E-state index < -0.39 is 28.6 Å². The molecule has 0 aromatic heterocycles. The van der Waals surface area contributed by atoms with Crippen LogP contribution in [0.2, 0.25) is 0 Å². The molecule has 1 aliphatic heterocycles. The minimum atomic E-state index is -4.69. The van der Waals surface area contributed by atoms with Crippen LogP contribution < -0.4 is 5.43 Å². The molecule has 0 radical (unpaired) electrons. The lowest BCUT2D eigenvalue weighted by molar-refractivity contribution is -0.383. The van der Waals surface area contributed by atoms with Crippen molar-refractivity contribution in [2.24, 2.45) is 0 Å². The van der Waals surface area contributed by atoms with Crippen molar-refractivity contribution in [3.05, 3.63) is 52.1 Å². The standard InChI is InChI=1S/C17H16F3N3O3/c1-16(2)9-14(24)21-22(16)15(17(18,19)20)11-7-6-10-4-3-5-13(23(25)26)12(10)8-11/h3-8,15H,9H2,1-2H3,(H,21,24). The summed E-state index contributed by atoms with van der Waals surface area (Å²) in [5.74, 6) is -0.504. The Morgan fingerprint density at radius 3 is 2.50 bits per heavy atom. The fourth-order valence-electron chi connectivity index (χ4n) is 3.30. The highest BCUT2D eigenvalue weighted by molar-refractivity contribution is 5.91. The van der Waals surface area contributed by atoms with E-state index >= 15 is 0 Å². The minimum Gasteiger partial charge on any atom is -0.287 e. The summed E-state index contributed by atoms with van der Waals surface area (Å²) in [6.07, 6.45) is -4.76. The number of benzene rings is 2. The summed E-state index contributed by atoms with van der Waals surface area (Å²) in [4.78, 5) is 22.3. The number of halogens is 3. The lowest BCUT2D eigenvalue weighted by Crippen LogP contribution is -2.51. The molecular formula is C17H16F3N3O3. The SMILES string of the molecule is CC1(C)CC(=O)NN1C(c1ccc2cccc([N+](=O)[O-])c2c1)C(F)(F)F. The maximum absolute atomic E-state index is 13.9. The van der Waals surface area contributed by atoms with E-state index in [4.69, 9.17) is 0 Å². The van der Waals surface area contributed by atoms with E-state index in [0.717, 1.165) is 5.01 Å². The molecule has 0 saturated carbocycles. The molecule has 1 heterocycles. The number of nitro groups is 1. The van der Waals surface area contributed by atoms with Gasteiger partial charge in [-0.15, -0.1) is 0 Å². The number of hydrogen-bond donors (Lipinski definition) is 1. The molecule has 0 spiro atoms. The molecule has 1 aliphatic rings. The van der Waals surface area contributed by atoms with Crippen LogP contribution >= 0.6 is 0 Å². The second-order valence-corrected chi connectivity index (χ2v) is 6.85. The third-order valence-corrected chi connectivity index (χ3v) is 4.45. The number of hydrogen-bond acceptors (Lipinski definition) is 4. The van der Waals surface area contributed by atoms with Gasteiger partial charge in [0.15, 0.2) is 6.04 Å². The maximum Gasteiger partial charge on any atom is 0.409 e. The molecule has 138 valence electrons. The van der Waals surface area contributed by atoms with Crippen LogP contribution in [0.15, 0.2) is 36.4 Å². The zero-order valence-corrected chi connectivity index (χ0v) is 14.0. The van der Waals surface area contributed by atoms with Crippen LogP contribution in [0.3, 0.4) is 0 Å². The van der Waals surface area contributed by atoms with E-state index in [1.54, 1.807) is 6.07 Å². The van der Waals surface area contributed by atoms with Crippen molar-refractivity contribution in [2.45, 2.75) is 38.0 Å². The number of amides is 1. The van der Waals surface area contributed by atoms with E-state index in [1.807, 2.05) is 0 Å². The molecule has 1 fully saturated rings. The van der Waals surface area contributed by atoms with Gasteiger partial charge in [0.2, 0.25) is 5.91 Å². The van der Waals surface area contributed by atoms with Crippen molar-refractivity contribution in [3.8, 4) is 0 Å². The van der Waals surface area contributed by atoms with Gasteiger partial charge in [0.1, 0.15) is 0 Å². The quantitative estimate of drug-likeness (QED) is 0.660. The van der Waals surface area contributed by atoms with Crippen LogP contribution in [-0.2, 0) is 4.79 Å². The van der Waals surface area contributed by atoms with Gasteiger partial charge in [-0.1, -0.05) is 24.3 Å². The van der Waals surface area contributed by atoms with Crippen molar-refractivity contribution in [1.82, 2.24) is 10.4 Å². The van der Waals surface area contributed by atoms with Crippen LogP contribution in [-0.4, -0.2) is 27.6 Å². The molecule has 2 aromatic carbocycles. The summed E-state index contributed by atoms with van der Waals surface area (Å²) >= 11 is 0. The van der Waals surface area contributed by atoms with Gasteiger partial charge in [0, 0.05) is 18.0 Å². The predicted octanol–water partition coefficient (Wildman–Crippen LogP) is 3.87. The highest BCUT2D eigenvalue weighted by Gasteiger charge is 2.53. The summed E-state index contributed by atoms with van der Waals surface area (Å²) in [7, 11) is 0. The van der Waals surface area contributed by atoms with Gasteiger partial charge in [-0.2, -0.15) is 18.2 Å². The fraction of sp³-hybridized carbons (Fsp3) is 0.353. The van der Waals surface area contributed by atoms with Gasteiger partial charge in [-0.05, 0) is 30.9 Å². The lowest BCUT2D eigenvalue weighted by atomic mass is 9.95. The molecule has 1 N–H and O–H groups in total. The Morgan fingerprint density at radius 1 is 1.27 bits per heavy atom. The fourth-order valence-corrected chi connectivity index (χ4v) is 3.30. The molecule has 0 bridgehead atoms. The number of carbonyl (C=O) groups is 1. The van der Waals surface area contributed by atoms with Crippen LogP contribution in [0.25, 0.3) is 10.8 Å². The summed E-state index contributed by atoms with van der Waals surface area (Å²) in [6, 6.07) is 6.07. The van der Waals surface area contributed by atoms with E-state index in [1.165, 1.54) is 44.2 Å². The molecule has 1 unspecified atom stereocenters. The third kappa shape index (κ3) is 3.10. The van der Waals surface area contributed by atoms with Gasteiger partial charge in [-0.3, -0.25) is 20.3 Å². The smallest absolute Gasteiger partial charge is 0.287 e. The molecule has 2 aromatic rings. The summed E-state index contributed by atoms with van der Waals surface area (Å²) in [5, 5.41) is 12.7.